The van der Waals surface area contributed by atoms with E-state index in [4.69, 9.17) is 9.47 Å². The quantitative estimate of drug-likeness (QED) is 0.681. The summed E-state index contributed by atoms with van der Waals surface area (Å²) >= 11 is 0. The average Bonchev–Trinajstić information content (AvgIpc) is 2.21. The van der Waals surface area contributed by atoms with Gasteiger partial charge in [-0.2, -0.15) is 0 Å². The molecule has 0 spiro atoms. The van der Waals surface area contributed by atoms with Crippen LogP contribution in [0.1, 0.15) is 55.4 Å². The number of hydrogen-bond donors (Lipinski definition) is 3. The molecule has 0 aromatic heterocycles. The summed E-state index contributed by atoms with van der Waals surface area (Å²) < 4.78 is 10.1. The average molecular weight is 332 g/mol. The SMILES string of the molecule is CC(C)C(NC(=O)OC(C)(C)C)(NC(=O)OC(C)(C)C)C(=O)O. The predicted octanol–water partition coefficient (Wildman–Crippen LogP) is 2.47. The molecule has 0 saturated carbocycles. The van der Waals surface area contributed by atoms with Gasteiger partial charge in [0, 0.05) is 5.92 Å². The van der Waals surface area contributed by atoms with Crippen molar-refractivity contribution in [3.05, 3.63) is 0 Å². The number of ether oxygens (including phenoxy) is 2. The zero-order valence-electron chi connectivity index (χ0n) is 15.1. The van der Waals surface area contributed by atoms with E-state index in [0.29, 0.717) is 0 Å². The van der Waals surface area contributed by atoms with Crippen molar-refractivity contribution in [3.63, 3.8) is 0 Å². The van der Waals surface area contributed by atoms with E-state index in [1.807, 2.05) is 0 Å². The summed E-state index contributed by atoms with van der Waals surface area (Å²) in [6, 6.07) is 0. The van der Waals surface area contributed by atoms with Crippen molar-refractivity contribution in [2.24, 2.45) is 5.92 Å². The third kappa shape index (κ3) is 7.21. The smallest absolute Gasteiger partial charge is 0.409 e. The molecule has 8 nitrogen and oxygen atoms in total. The first-order chi connectivity index (χ1) is 10.1. The molecule has 0 heterocycles. The van der Waals surface area contributed by atoms with Crippen LogP contribution in [0.2, 0.25) is 0 Å². The minimum Gasteiger partial charge on any atom is -0.478 e. The van der Waals surface area contributed by atoms with Gasteiger partial charge in [-0.1, -0.05) is 13.8 Å². The van der Waals surface area contributed by atoms with Crippen molar-refractivity contribution >= 4 is 18.2 Å². The van der Waals surface area contributed by atoms with Crippen molar-refractivity contribution in [3.8, 4) is 0 Å². The summed E-state index contributed by atoms with van der Waals surface area (Å²) in [5, 5.41) is 14.0. The molecule has 2 amide bonds. The lowest BCUT2D eigenvalue weighted by atomic mass is 9.96. The van der Waals surface area contributed by atoms with E-state index in [1.54, 1.807) is 55.4 Å². The fourth-order valence-electron chi connectivity index (χ4n) is 1.60. The van der Waals surface area contributed by atoms with Gasteiger partial charge in [-0.25, -0.2) is 14.4 Å². The summed E-state index contributed by atoms with van der Waals surface area (Å²) in [6.45, 7) is 13.0. The molecule has 0 atom stereocenters. The van der Waals surface area contributed by atoms with Crippen molar-refractivity contribution in [2.45, 2.75) is 72.3 Å². The monoisotopic (exact) mass is 332 g/mol. The molecule has 23 heavy (non-hydrogen) atoms. The van der Waals surface area contributed by atoms with Crippen LogP contribution in [0.25, 0.3) is 0 Å². The van der Waals surface area contributed by atoms with E-state index < -0.39 is 40.9 Å². The van der Waals surface area contributed by atoms with Crippen LogP contribution in [0.3, 0.4) is 0 Å². The lowest BCUT2D eigenvalue weighted by molar-refractivity contribution is -0.148. The minimum atomic E-state index is -2.05. The van der Waals surface area contributed by atoms with Crippen LogP contribution in [0, 0.1) is 5.92 Å². The second-order valence-corrected chi connectivity index (χ2v) is 7.52. The van der Waals surface area contributed by atoms with Gasteiger partial charge in [-0.15, -0.1) is 0 Å². The van der Waals surface area contributed by atoms with E-state index in [9.17, 15) is 19.5 Å². The van der Waals surface area contributed by atoms with Crippen LogP contribution >= 0.6 is 0 Å². The highest BCUT2D eigenvalue weighted by molar-refractivity contribution is 5.88. The summed E-state index contributed by atoms with van der Waals surface area (Å²) in [5.41, 5.74) is -3.67. The molecule has 0 rings (SSSR count). The number of amides is 2. The number of alkyl carbamates (subject to hydrolysis) is 2. The van der Waals surface area contributed by atoms with Crippen molar-refractivity contribution in [1.82, 2.24) is 10.6 Å². The van der Waals surface area contributed by atoms with Crippen LogP contribution in [0.5, 0.6) is 0 Å². The zero-order valence-corrected chi connectivity index (χ0v) is 15.1. The largest absolute Gasteiger partial charge is 0.478 e. The van der Waals surface area contributed by atoms with E-state index in [2.05, 4.69) is 10.6 Å². The third-order valence-electron chi connectivity index (χ3n) is 2.60. The maximum absolute atomic E-state index is 12.0. The molecule has 134 valence electrons. The zero-order chi connectivity index (χ0) is 18.6. The standard InChI is InChI=1S/C15H28N2O6/c1-9(2)15(10(18)19,16-11(20)22-13(3,4)5)17-12(21)23-14(6,7)8/h9H,1-8H3,(H,16,20)(H,17,21)(H,18,19). The Bertz CT molecular complexity index is 430. The van der Waals surface area contributed by atoms with Gasteiger partial charge < -0.3 is 14.6 Å². The molecule has 0 radical (unpaired) electrons. The van der Waals surface area contributed by atoms with Crippen molar-refractivity contribution in [1.29, 1.82) is 0 Å². The lowest BCUT2D eigenvalue weighted by Crippen LogP contribution is -2.69. The normalized spacial score (nSPS) is 12.6. The first kappa shape index (κ1) is 21.0. The number of hydrogen-bond acceptors (Lipinski definition) is 5. The molecule has 3 N–H and O–H groups in total. The van der Waals surface area contributed by atoms with Gasteiger partial charge in [-0.3, -0.25) is 10.6 Å². The summed E-state index contributed by atoms with van der Waals surface area (Å²) in [4.78, 5) is 35.6. The number of carbonyl (C=O) groups excluding carboxylic acids is 2. The second-order valence-electron chi connectivity index (χ2n) is 7.52. The Morgan fingerprint density at radius 3 is 1.30 bits per heavy atom. The van der Waals surface area contributed by atoms with Crippen LogP contribution < -0.4 is 10.6 Å². The Morgan fingerprint density at radius 2 is 1.13 bits per heavy atom. The maximum atomic E-state index is 12.0. The molecule has 0 bridgehead atoms. The Morgan fingerprint density at radius 1 is 0.826 bits per heavy atom. The van der Waals surface area contributed by atoms with Gasteiger partial charge in [0.15, 0.2) is 0 Å². The van der Waals surface area contributed by atoms with Gasteiger partial charge in [0.2, 0.25) is 5.66 Å². The number of carboxylic acid groups (broad SMARTS) is 1. The number of rotatable bonds is 4. The van der Waals surface area contributed by atoms with E-state index >= 15 is 0 Å². The molecule has 0 fully saturated rings. The molecule has 0 unspecified atom stereocenters. The van der Waals surface area contributed by atoms with Crippen molar-refractivity contribution in [2.75, 3.05) is 0 Å². The number of nitrogens with one attached hydrogen (secondary N) is 2. The number of carbonyl (C=O) groups is 3. The molecule has 0 aliphatic carbocycles. The topological polar surface area (TPSA) is 114 Å². The van der Waals surface area contributed by atoms with E-state index in [0.717, 1.165) is 0 Å². The summed E-state index contributed by atoms with van der Waals surface area (Å²) in [7, 11) is 0. The van der Waals surface area contributed by atoms with Gasteiger partial charge in [-0.05, 0) is 41.5 Å². The van der Waals surface area contributed by atoms with Gasteiger partial charge >= 0.3 is 18.2 Å². The first-order valence-electron chi connectivity index (χ1n) is 7.35. The maximum Gasteiger partial charge on any atom is 0.409 e. The Balaban J connectivity index is 5.38. The van der Waals surface area contributed by atoms with Crippen LogP contribution in [-0.4, -0.2) is 40.1 Å². The van der Waals surface area contributed by atoms with Crippen molar-refractivity contribution < 1.29 is 29.0 Å². The Labute approximate surface area is 136 Å². The third-order valence-corrected chi connectivity index (χ3v) is 2.60. The summed E-state index contributed by atoms with van der Waals surface area (Å²) in [6.07, 6.45) is -1.91. The first-order valence-corrected chi connectivity index (χ1v) is 7.35. The van der Waals surface area contributed by atoms with E-state index in [-0.39, 0.29) is 0 Å². The molecular formula is C15H28N2O6. The fraction of sp³-hybridized carbons (Fsp3) is 0.800. The van der Waals surface area contributed by atoms with Crippen LogP contribution in [0.15, 0.2) is 0 Å². The molecule has 0 saturated heterocycles. The van der Waals surface area contributed by atoms with E-state index in [1.165, 1.54) is 0 Å². The number of aliphatic carboxylic acids is 1. The van der Waals surface area contributed by atoms with Gasteiger partial charge in [0.25, 0.3) is 0 Å². The lowest BCUT2D eigenvalue weighted by Gasteiger charge is -2.35. The summed E-state index contributed by atoms with van der Waals surface area (Å²) in [5.74, 6) is -2.09. The second kappa shape index (κ2) is 7.06. The molecule has 8 heteroatoms. The molecule has 0 aromatic carbocycles. The van der Waals surface area contributed by atoms with Crippen LogP contribution in [0.4, 0.5) is 9.59 Å². The number of carboxylic acids is 1. The highest BCUT2D eigenvalue weighted by Gasteiger charge is 2.46. The Kier molecular flexibility index (Phi) is 6.45. The fourth-order valence-corrected chi connectivity index (χ4v) is 1.60. The van der Waals surface area contributed by atoms with Gasteiger partial charge in [0.1, 0.15) is 11.2 Å². The highest BCUT2D eigenvalue weighted by Crippen LogP contribution is 2.18. The molecule has 0 aliphatic rings. The molecule has 0 aliphatic heterocycles. The van der Waals surface area contributed by atoms with Crippen LogP contribution in [-0.2, 0) is 14.3 Å². The van der Waals surface area contributed by atoms with Gasteiger partial charge in [0.05, 0.1) is 0 Å². The molecular weight excluding hydrogens is 304 g/mol. The Hall–Kier alpha value is -1.99. The highest BCUT2D eigenvalue weighted by atomic mass is 16.6. The molecule has 0 aromatic rings. The minimum absolute atomic E-state index is 0.667. The predicted molar refractivity (Wildman–Crippen MR) is 83.9 cm³/mol.